The second-order valence-corrected chi connectivity index (χ2v) is 9.02. The average molecular weight is 458 g/mol. The van der Waals surface area contributed by atoms with Crippen LogP contribution in [0.25, 0.3) is 10.9 Å². The van der Waals surface area contributed by atoms with E-state index in [2.05, 4.69) is 5.32 Å². The Balaban J connectivity index is 1.67. The molecule has 5 nitrogen and oxygen atoms in total. The number of nitrogens with zero attached hydrogens (tertiary/aromatic N) is 2. The highest BCUT2D eigenvalue weighted by atomic mass is 35.5. The largest absolute Gasteiger partial charge is 0.350 e. The molecule has 3 aromatic carbocycles. The minimum absolute atomic E-state index is 0.0963. The van der Waals surface area contributed by atoms with Crippen LogP contribution >= 0.6 is 11.6 Å². The van der Waals surface area contributed by atoms with Crippen LogP contribution < -0.4 is 5.32 Å². The molecule has 33 heavy (non-hydrogen) atoms. The summed E-state index contributed by atoms with van der Waals surface area (Å²) in [5.74, 6) is -0.904. The van der Waals surface area contributed by atoms with Gasteiger partial charge in [0.1, 0.15) is 0 Å². The lowest BCUT2D eigenvalue weighted by atomic mass is 9.79. The number of amides is 2. The Bertz CT molecular complexity index is 1410. The fourth-order valence-electron chi connectivity index (χ4n) is 4.89. The highest BCUT2D eigenvalue weighted by Gasteiger charge is 2.43. The maximum Gasteiger partial charge on any atom is 0.254 e. The first-order chi connectivity index (χ1) is 15.9. The molecule has 2 atom stereocenters. The normalized spacial score (nSPS) is 17.8. The van der Waals surface area contributed by atoms with Crippen LogP contribution in [0.1, 0.15) is 39.0 Å². The highest BCUT2D eigenvalue weighted by Crippen LogP contribution is 2.45. The molecule has 0 fully saturated rings. The molecule has 1 N–H and O–H groups in total. The maximum atomic E-state index is 13.8. The van der Waals surface area contributed by atoms with Crippen LogP contribution in [0.4, 0.5) is 5.69 Å². The summed E-state index contributed by atoms with van der Waals surface area (Å²) in [7, 11) is 3.75. The van der Waals surface area contributed by atoms with Gasteiger partial charge in [-0.15, -0.1) is 0 Å². The highest BCUT2D eigenvalue weighted by molar-refractivity contribution is 6.33. The number of fused-ring (bicyclic) bond motifs is 2. The number of aryl methyl sites for hydroxylation is 2. The van der Waals surface area contributed by atoms with Gasteiger partial charge in [-0.3, -0.25) is 9.59 Å². The molecule has 0 unspecified atom stereocenters. The van der Waals surface area contributed by atoms with Crippen LogP contribution in [0.15, 0.2) is 72.9 Å². The molecule has 0 spiro atoms. The second kappa shape index (κ2) is 8.09. The van der Waals surface area contributed by atoms with E-state index < -0.39 is 12.0 Å². The van der Waals surface area contributed by atoms with Crippen LogP contribution in [0.3, 0.4) is 0 Å². The average Bonchev–Trinajstić information content (AvgIpc) is 3.14. The van der Waals surface area contributed by atoms with Crippen LogP contribution in [0, 0.1) is 6.92 Å². The third-order valence-corrected chi connectivity index (χ3v) is 6.80. The number of benzene rings is 3. The molecule has 1 aliphatic heterocycles. The van der Waals surface area contributed by atoms with Gasteiger partial charge in [0.25, 0.3) is 5.91 Å². The molecular weight excluding hydrogens is 434 g/mol. The molecule has 0 bridgehead atoms. The fourth-order valence-corrected chi connectivity index (χ4v) is 5.17. The van der Waals surface area contributed by atoms with E-state index in [1.807, 2.05) is 85.4 Å². The SMILES string of the molecule is Cc1ccc(NC(=O)[C@H]2c3ccccc3C(=O)N(C)[C@@H]2c2cn(C)c3ccccc23)c(Cl)c1. The molecule has 2 amide bonds. The summed E-state index contributed by atoms with van der Waals surface area (Å²) in [5.41, 5.74) is 4.83. The zero-order chi connectivity index (χ0) is 23.3. The second-order valence-electron chi connectivity index (χ2n) is 8.61. The van der Waals surface area contributed by atoms with Crippen molar-refractivity contribution in [3.8, 4) is 0 Å². The first-order valence-electron chi connectivity index (χ1n) is 10.8. The molecule has 1 aromatic heterocycles. The van der Waals surface area contributed by atoms with Crippen LogP contribution in [-0.4, -0.2) is 28.3 Å². The number of carbonyl (C=O) groups is 2. The lowest BCUT2D eigenvalue weighted by molar-refractivity contribution is -0.119. The number of anilines is 1. The zero-order valence-electron chi connectivity index (χ0n) is 18.7. The summed E-state index contributed by atoms with van der Waals surface area (Å²) in [6.45, 7) is 1.95. The van der Waals surface area contributed by atoms with Gasteiger partial charge >= 0.3 is 0 Å². The molecule has 0 radical (unpaired) electrons. The third kappa shape index (κ3) is 3.49. The summed E-state index contributed by atoms with van der Waals surface area (Å²) in [5, 5.41) is 4.53. The summed E-state index contributed by atoms with van der Waals surface area (Å²) >= 11 is 6.42. The van der Waals surface area contributed by atoms with E-state index in [-0.39, 0.29) is 11.8 Å². The van der Waals surface area contributed by atoms with E-state index in [0.29, 0.717) is 16.3 Å². The van der Waals surface area contributed by atoms with Gasteiger partial charge < -0.3 is 14.8 Å². The Labute approximate surface area is 197 Å². The van der Waals surface area contributed by atoms with Crippen LogP contribution in [-0.2, 0) is 11.8 Å². The number of rotatable bonds is 3. The molecule has 1 aliphatic rings. The van der Waals surface area contributed by atoms with Crippen molar-refractivity contribution in [2.75, 3.05) is 12.4 Å². The molecular formula is C27H24ClN3O2. The monoisotopic (exact) mass is 457 g/mol. The zero-order valence-corrected chi connectivity index (χ0v) is 19.4. The number of para-hydroxylation sites is 1. The lowest BCUT2D eigenvalue weighted by Crippen LogP contribution is -2.44. The van der Waals surface area contributed by atoms with E-state index in [0.717, 1.165) is 27.6 Å². The van der Waals surface area contributed by atoms with Crippen LogP contribution in [0.2, 0.25) is 5.02 Å². The molecule has 166 valence electrons. The maximum absolute atomic E-state index is 13.8. The molecule has 6 heteroatoms. The number of hydrogen-bond donors (Lipinski definition) is 1. The van der Waals surface area contributed by atoms with Crippen molar-refractivity contribution < 1.29 is 9.59 Å². The Morgan fingerprint density at radius 2 is 1.70 bits per heavy atom. The van der Waals surface area contributed by atoms with E-state index in [1.54, 1.807) is 18.0 Å². The number of halogens is 1. The fraction of sp³-hybridized carbons (Fsp3) is 0.185. The predicted octanol–water partition coefficient (Wildman–Crippen LogP) is 5.69. The van der Waals surface area contributed by atoms with Gasteiger partial charge in [-0.1, -0.05) is 54.1 Å². The van der Waals surface area contributed by atoms with Gasteiger partial charge in [-0.2, -0.15) is 0 Å². The van der Waals surface area contributed by atoms with Crippen molar-refractivity contribution in [2.24, 2.45) is 7.05 Å². The van der Waals surface area contributed by atoms with Crippen molar-refractivity contribution >= 4 is 40.0 Å². The first-order valence-corrected chi connectivity index (χ1v) is 11.2. The lowest BCUT2D eigenvalue weighted by Gasteiger charge is -2.39. The van der Waals surface area contributed by atoms with Crippen molar-refractivity contribution in [2.45, 2.75) is 18.9 Å². The van der Waals surface area contributed by atoms with Crippen molar-refractivity contribution in [3.63, 3.8) is 0 Å². The molecule has 2 heterocycles. The number of hydrogen-bond acceptors (Lipinski definition) is 2. The van der Waals surface area contributed by atoms with Gasteiger partial charge in [0.2, 0.25) is 5.91 Å². The van der Waals surface area contributed by atoms with Gasteiger partial charge in [-0.05, 0) is 42.3 Å². The Kier molecular flexibility index (Phi) is 5.22. The topological polar surface area (TPSA) is 54.3 Å². The Hall–Kier alpha value is -3.57. The van der Waals surface area contributed by atoms with Gasteiger partial charge in [0.05, 0.1) is 22.7 Å². The standard InChI is InChI=1S/C27H24ClN3O2/c1-16-12-13-22(21(28)14-16)29-26(32)24-18-9-4-5-10-19(18)27(33)31(3)25(24)20-15-30(2)23-11-7-6-8-17(20)23/h4-15,24-25H,1-3H3,(H,29,32)/t24-,25+/m0/s1. The van der Waals surface area contributed by atoms with Gasteiger partial charge in [-0.25, -0.2) is 0 Å². The third-order valence-electron chi connectivity index (χ3n) is 6.49. The van der Waals surface area contributed by atoms with Crippen LogP contribution in [0.5, 0.6) is 0 Å². The summed E-state index contributed by atoms with van der Waals surface area (Å²) in [6.07, 6.45) is 2.02. The summed E-state index contributed by atoms with van der Waals surface area (Å²) < 4.78 is 2.04. The predicted molar refractivity (Wildman–Crippen MR) is 132 cm³/mol. The number of aromatic nitrogens is 1. The minimum atomic E-state index is -0.605. The van der Waals surface area contributed by atoms with Gasteiger partial charge in [0, 0.05) is 42.3 Å². The summed E-state index contributed by atoms with van der Waals surface area (Å²) in [6, 6.07) is 20.5. The van der Waals surface area contributed by atoms with E-state index in [9.17, 15) is 9.59 Å². The molecule has 0 aliphatic carbocycles. The molecule has 4 aromatic rings. The number of nitrogens with one attached hydrogen (secondary N) is 1. The van der Waals surface area contributed by atoms with Crippen molar-refractivity contribution in [1.29, 1.82) is 0 Å². The number of likely N-dealkylation sites (N-methyl/N-ethyl adjacent to an activating group) is 1. The molecule has 0 saturated heterocycles. The molecule has 0 saturated carbocycles. The Morgan fingerprint density at radius 1 is 0.970 bits per heavy atom. The van der Waals surface area contributed by atoms with Gasteiger partial charge in [0.15, 0.2) is 0 Å². The quantitative estimate of drug-likeness (QED) is 0.429. The van der Waals surface area contributed by atoms with E-state index >= 15 is 0 Å². The first kappa shape index (κ1) is 21.3. The Morgan fingerprint density at radius 3 is 2.48 bits per heavy atom. The minimum Gasteiger partial charge on any atom is -0.350 e. The van der Waals surface area contributed by atoms with Crippen molar-refractivity contribution in [1.82, 2.24) is 9.47 Å². The smallest absolute Gasteiger partial charge is 0.254 e. The van der Waals surface area contributed by atoms with Crippen molar-refractivity contribution in [3.05, 3.63) is 100 Å². The molecule has 5 rings (SSSR count). The van der Waals surface area contributed by atoms with E-state index in [1.165, 1.54) is 0 Å². The number of carbonyl (C=O) groups excluding carboxylic acids is 2. The summed E-state index contributed by atoms with van der Waals surface area (Å²) in [4.78, 5) is 28.8. The van der Waals surface area contributed by atoms with E-state index in [4.69, 9.17) is 11.6 Å².